The third kappa shape index (κ3) is 4.85. The monoisotopic (exact) mass is 500 g/mol. The van der Waals surface area contributed by atoms with Gasteiger partial charge in [-0.25, -0.2) is 0 Å². The van der Waals surface area contributed by atoms with Gasteiger partial charge in [-0.1, -0.05) is 12.1 Å². The summed E-state index contributed by atoms with van der Waals surface area (Å²) < 4.78 is 5.42. The summed E-state index contributed by atoms with van der Waals surface area (Å²) >= 11 is 0. The number of benzene rings is 1. The molecule has 2 aliphatic heterocycles. The van der Waals surface area contributed by atoms with Crippen LogP contribution in [0.25, 0.3) is 10.9 Å². The number of hydrogen-bond donors (Lipinski definition) is 3. The van der Waals surface area contributed by atoms with Gasteiger partial charge in [0.1, 0.15) is 23.5 Å². The van der Waals surface area contributed by atoms with Crippen LogP contribution in [0.5, 0.6) is 5.75 Å². The number of carbonyl (C=O) groups is 3. The van der Waals surface area contributed by atoms with Crippen molar-refractivity contribution < 1.29 is 19.1 Å². The van der Waals surface area contributed by atoms with Gasteiger partial charge < -0.3 is 25.3 Å². The van der Waals surface area contributed by atoms with Gasteiger partial charge in [-0.2, -0.15) is 5.26 Å². The fraction of sp³-hybridized carbons (Fsp3) is 0.370. The molecule has 1 unspecified atom stereocenters. The number of nitrogens with one attached hydrogen (secondary N) is 3. The Morgan fingerprint density at radius 1 is 1.30 bits per heavy atom. The number of aromatic amines is 1. The number of nitriles is 1. The molecule has 2 aromatic heterocycles. The summed E-state index contributed by atoms with van der Waals surface area (Å²) in [6.45, 7) is 0.879. The van der Waals surface area contributed by atoms with Gasteiger partial charge in [0.15, 0.2) is 0 Å². The average Bonchev–Trinajstić information content (AvgIpc) is 3.66. The van der Waals surface area contributed by atoms with Crippen molar-refractivity contribution in [1.29, 1.82) is 5.26 Å². The fourth-order valence-corrected chi connectivity index (χ4v) is 5.28. The summed E-state index contributed by atoms with van der Waals surface area (Å²) in [5, 5.41) is 16.0. The molecule has 0 radical (unpaired) electrons. The van der Waals surface area contributed by atoms with E-state index in [9.17, 15) is 19.6 Å². The lowest BCUT2D eigenvalue weighted by Gasteiger charge is -2.25. The van der Waals surface area contributed by atoms with Gasteiger partial charge in [-0.05, 0) is 49.6 Å². The van der Waals surface area contributed by atoms with Gasteiger partial charge >= 0.3 is 0 Å². The Bertz CT molecular complexity index is 1360. The second kappa shape index (κ2) is 10.3. The summed E-state index contributed by atoms with van der Waals surface area (Å²) in [4.78, 5) is 48.3. The van der Waals surface area contributed by atoms with Crippen LogP contribution in [0.1, 0.15) is 41.4 Å². The van der Waals surface area contributed by atoms with Gasteiger partial charge in [0, 0.05) is 47.7 Å². The number of carbonyl (C=O) groups excluding carboxylic acids is 3. The Balaban J connectivity index is 1.40. The number of methoxy groups -OCH3 is 1. The molecule has 4 heterocycles. The zero-order valence-electron chi connectivity index (χ0n) is 20.4. The van der Waals surface area contributed by atoms with Gasteiger partial charge in [-0.15, -0.1) is 0 Å². The maximum Gasteiger partial charge on any atom is 0.271 e. The van der Waals surface area contributed by atoms with Crippen LogP contribution < -0.4 is 15.4 Å². The van der Waals surface area contributed by atoms with E-state index in [1.165, 1.54) is 0 Å². The summed E-state index contributed by atoms with van der Waals surface area (Å²) in [6, 6.07) is 13.3. The summed E-state index contributed by atoms with van der Waals surface area (Å²) in [7, 11) is 1.57. The zero-order chi connectivity index (χ0) is 25.9. The summed E-state index contributed by atoms with van der Waals surface area (Å²) in [5.74, 6) is -0.639. The second-order valence-corrected chi connectivity index (χ2v) is 9.47. The predicted octanol–water partition coefficient (Wildman–Crippen LogP) is 2.10. The van der Waals surface area contributed by atoms with E-state index in [0.29, 0.717) is 37.4 Å². The number of fused-ring (bicyclic) bond motifs is 1. The minimum Gasteiger partial charge on any atom is -0.496 e. The first-order valence-corrected chi connectivity index (χ1v) is 12.3. The number of hydrogen-bond acceptors (Lipinski definition) is 6. The number of amides is 3. The lowest BCUT2D eigenvalue weighted by atomic mass is 9.98. The van der Waals surface area contributed by atoms with Gasteiger partial charge in [0.05, 0.1) is 13.2 Å². The first kappa shape index (κ1) is 24.3. The maximum absolute atomic E-state index is 13.7. The van der Waals surface area contributed by atoms with E-state index in [0.717, 1.165) is 16.6 Å². The molecule has 0 saturated carbocycles. The highest BCUT2D eigenvalue weighted by atomic mass is 16.5. The number of rotatable bonds is 7. The van der Waals surface area contributed by atoms with Crippen molar-refractivity contribution in [2.75, 3.05) is 20.2 Å². The maximum atomic E-state index is 13.7. The third-order valence-corrected chi connectivity index (χ3v) is 7.20. The molecule has 4 atom stereocenters. The standard InChI is InChI=1S/C27H28N6O4/c1-37-24-7-4-6-21-19(24)13-22(32-21)27(36)33-15-17(20-5-2-3-9-29-20)12-23(33)26(35)31-18(14-28)11-16-8-10-30-25(16)34/h2-7,9,13,16-18,23,32H,8,10-12,15H2,1H3,(H,30,34)(H,31,35)/t16-,17+,18-,23?/m0/s1. The fourth-order valence-electron chi connectivity index (χ4n) is 5.28. The molecule has 2 aliphatic rings. The quantitative estimate of drug-likeness (QED) is 0.454. The number of nitrogens with zero attached hydrogens (tertiary/aromatic N) is 3. The normalized spacial score (nSPS) is 21.9. The Hall–Kier alpha value is -4.39. The van der Waals surface area contributed by atoms with Crippen molar-refractivity contribution in [3.05, 3.63) is 60.0 Å². The molecule has 3 aromatic rings. The van der Waals surface area contributed by atoms with Gasteiger partial charge in [0.2, 0.25) is 11.8 Å². The molecule has 37 heavy (non-hydrogen) atoms. The van der Waals surface area contributed by atoms with Crippen LogP contribution in [0.2, 0.25) is 0 Å². The van der Waals surface area contributed by atoms with Crippen LogP contribution in [-0.2, 0) is 9.59 Å². The first-order valence-electron chi connectivity index (χ1n) is 12.3. The van der Waals surface area contributed by atoms with Crippen molar-refractivity contribution in [2.45, 2.75) is 37.3 Å². The lowest BCUT2D eigenvalue weighted by Crippen LogP contribution is -2.49. The minimum absolute atomic E-state index is 0.100. The first-order chi connectivity index (χ1) is 18.0. The number of pyridine rings is 1. The second-order valence-electron chi connectivity index (χ2n) is 9.47. The van der Waals surface area contributed by atoms with Crippen LogP contribution >= 0.6 is 0 Å². The number of aromatic nitrogens is 2. The highest BCUT2D eigenvalue weighted by molar-refractivity contribution is 6.02. The molecule has 0 spiro atoms. The van der Waals surface area contributed by atoms with Crippen molar-refractivity contribution in [3.8, 4) is 11.8 Å². The topological polar surface area (TPSA) is 140 Å². The smallest absolute Gasteiger partial charge is 0.271 e. The molecule has 190 valence electrons. The van der Waals surface area contributed by atoms with Crippen LogP contribution in [0.15, 0.2) is 48.7 Å². The highest BCUT2D eigenvalue weighted by Gasteiger charge is 2.42. The molecular formula is C27H28N6O4. The highest BCUT2D eigenvalue weighted by Crippen LogP contribution is 2.33. The predicted molar refractivity (Wildman–Crippen MR) is 135 cm³/mol. The minimum atomic E-state index is -0.829. The number of likely N-dealkylation sites (tertiary alicyclic amines) is 1. The third-order valence-electron chi connectivity index (χ3n) is 7.20. The Labute approximate surface area is 214 Å². The van der Waals surface area contributed by atoms with Crippen molar-refractivity contribution in [2.24, 2.45) is 5.92 Å². The Kier molecular flexibility index (Phi) is 6.77. The molecule has 10 heteroatoms. The molecule has 0 aliphatic carbocycles. The molecule has 2 saturated heterocycles. The van der Waals surface area contributed by atoms with E-state index in [4.69, 9.17) is 4.74 Å². The summed E-state index contributed by atoms with van der Waals surface area (Å²) in [6.07, 6.45) is 2.93. The van der Waals surface area contributed by atoms with Crippen molar-refractivity contribution >= 4 is 28.6 Å². The van der Waals surface area contributed by atoms with Gasteiger partial charge in [-0.3, -0.25) is 19.4 Å². The van der Waals surface area contributed by atoms with E-state index in [1.807, 2.05) is 36.4 Å². The van der Waals surface area contributed by atoms with E-state index < -0.39 is 18.0 Å². The largest absolute Gasteiger partial charge is 0.496 e. The molecule has 3 amide bonds. The van der Waals surface area contributed by atoms with Crippen molar-refractivity contribution in [1.82, 2.24) is 25.5 Å². The van der Waals surface area contributed by atoms with Crippen LogP contribution in [0.3, 0.4) is 0 Å². The molecule has 10 nitrogen and oxygen atoms in total. The van der Waals surface area contributed by atoms with E-state index in [2.05, 4.69) is 26.7 Å². The molecule has 0 bridgehead atoms. The van der Waals surface area contributed by atoms with Crippen LogP contribution in [-0.4, -0.2) is 64.9 Å². The van der Waals surface area contributed by atoms with E-state index in [1.54, 1.807) is 24.3 Å². The Morgan fingerprint density at radius 2 is 2.16 bits per heavy atom. The number of ether oxygens (including phenoxy) is 1. The molecular weight excluding hydrogens is 472 g/mol. The molecule has 3 N–H and O–H groups in total. The lowest BCUT2D eigenvalue weighted by molar-refractivity contribution is -0.126. The zero-order valence-corrected chi connectivity index (χ0v) is 20.4. The molecule has 2 fully saturated rings. The molecule has 5 rings (SSSR count). The number of H-pyrrole nitrogens is 1. The van der Waals surface area contributed by atoms with Gasteiger partial charge in [0.25, 0.3) is 5.91 Å². The summed E-state index contributed by atoms with van der Waals surface area (Å²) in [5.41, 5.74) is 1.90. The van der Waals surface area contributed by atoms with Crippen LogP contribution in [0.4, 0.5) is 0 Å². The average molecular weight is 501 g/mol. The molecule has 1 aromatic carbocycles. The Morgan fingerprint density at radius 3 is 2.86 bits per heavy atom. The SMILES string of the molecule is COc1cccc2[nH]c(C(=O)N3C[C@H](c4ccccn4)CC3C(=O)N[C@H](C#N)C[C@@H]3CCNC3=O)cc12. The van der Waals surface area contributed by atoms with E-state index in [-0.39, 0.29) is 30.1 Å². The van der Waals surface area contributed by atoms with Crippen LogP contribution in [0, 0.1) is 17.2 Å². The van der Waals surface area contributed by atoms with E-state index >= 15 is 0 Å². The van der Waals surface area contributed by atoms with Crippen molar-refractivity contribution in [3.63, 3.8) is 0 Å².